The van der Waals surface area contributed by atoms with Gasteiger partial charge in [0.2, 0.25) is 0 Å². The number of hydrogen-bond acceptors (Lipinski definition) is 11. The number of unbranched alkanes of at least 4 members (excludes halogenated alkanes) is 1. The number of thioether (sulfide) groups is 1. The third kappa shape index (κ3) is 10.5. The molecule has 3 heterocycles. The zero-order valence-corrected chi connectivity index (χ0v) is 33.0. The Morgan fingerprint density at radius 3 is 2.29 bits per heavy atom. The van der Waals surface area contributed by atoms with Gasteiger partial charge in [0.25, 0.3) is 23.3 Å². The second-order valence-corrected chi connectivity index (χ2v) is 15.3. The highest BCUT2D eigenvalue weighted by Crippen LogP contribution is 2.38. The summed E-state index contributed by atoms with van der Waals surface area (Å²) in [6, 6.07) is 12.1. The highest BCUT2D eigenvalue weighted by Gasteiger charge is 2.20. The van der Waals surface area contributed by atoms with Gasteiger partial charge in [0.15, 0.2) is 31.0 Å². The number of pyridine rings is 1. The molecule has 16 heteroatoms. The summed E-state index contributed by atoms with van der Waals surface area (Å²) in [5, 5.41) is 6.11. The number of rotatable bonds is 17. The Hall–Kier alpha value is -5.35. The van der Waals surface area contributed by atoms with Gasteiger partial charge in [-0.05, 0) is 73.1 Å². The number of carbonyl (C=O) groups is 4. The van der Waals surface area contributed by atoms with Crippen molar-refractivity contribution in [1.82, 2.24) is 20.1 Å². The van der Waals surface area contributed by atoms with Crippen molar-refractivity contribution in [1.29, 1.82) is 0 Å². The Labute approximate surface area is 327 Å². The molecule has 55 heavy (non-hydrogen) atoms. The molecule has 1 aliphatic rings. The first-order chi connectivity index (χ1) is 26.5. The summed E-state index contributed by atoms with van der Waals surface area (Å²) < 4.78 is 19.3. The normalized spacial score (nSPS) is 13.3. The van der Waals surface area contributed by atoms with Crippen molar-refractivity contribution in [3.8, 4) is 28.4 Å². The van der Waals surface area contributed by atoms with Crippen molar-refractivity contribution >= 4 is 63.0 Å². The maximum absolute atomic E-state index is 13.1. The Morgan fingerprint density at radius 1 is 0.982 bits per heavy atom. The lowest BCUT2D eigenvalue weighted by molar-refractivity contribution is -0.124. The zero-order valence-electron chi connectivity index (χ0n) is 31.3. The topological polar surface area (TPSA) is 184 Å². The van der Waals surface area contributed by atoms with Crippen molar-refractivity contribution in [3.05, 3.63) is 75.0 Å². The number of methoxy groups -OCH3 is 1. The highest BCUT2D eigenvalue weighted by atomic mass is 32.2. The van der Waals surface area contributed by atoms with Crippen LogP contribution in [0.2, 0.25) is 0 Å². The smallest absolute Gasteiger partial charge is 0.259 e. The largest absolute Gasteiger partial charge is 0.493 e. The summed E-state index contributed by atoms with van der Waals surface area (Å²) in [6.07, 6.45) is 5.51. The molecule has 4 N–H and O–H groups in total. The van der Waals surface area contributed by atoms with Crippen molar-refractivity contribution in [2.45, 2.75) is 31.7 Å². The van der Waals surface area contributed by atoms with Crippen LogP contribution >= 0.6 is 23.1 Å². The quantitative estimate of drug-likeness (QED) is 0.0615. The molecule has 2 aromatic carbocycles. The van der Waals surface area contributed by atoms with Gasteiger partial charge in [-0.2, -0.15) is 11.8 Å². The summed E-state index contributed by atoms with van der Waals surface area (Å²) in [4.78, 5) is 68.9. The van der Waals surface area contributed by atoms with Gasteiger partial charge >= 0.3 is 0 Å². The van der Waals surface area contributed by atoms with E-state index in [-0.39, 0.29) is 59.4 Å². The maximum Gasteiger partial charge on any atom is 0.259 e. The van der Waals surface area contributed by atoms with Crippen LogP contribution in [0.3, 0.4) is 0 Å². The number of aryl methyl sites for hydroxylation is 1. The molecule has 1 saturated heterocycles. The number of aromatic nitrogens is 1. The van der Waals surface area contributed by atoms with Crippen molar-refractivity contribution in [2.24, 2.45) is 17.8 Å². The zero-order chi connectivity index (χ0) is 39.5. The number of ether oxygens (including phenoxy) is 3. The predicted molar refractivity (Wildman–Crippen MR) is 216 cm³/mol. The van der Waals surface area contributed by atoms with Crippen LogP contribution in [0.4, 0.5) is 0 Å². The van der Waals surface area contributed by atoms with E-state index in [1.807, 2.05) is 30.0 Å². The summed E-state index contributed by atoms with van der Waals surface area (Å²) >= 11 is 3.37. The van der Waals surface area contributed by atoms with Crippen LogP contribution in [0.1, 0.15) is 51.3 Å². The average Bonchev–Trinajstić information content (AvgIpc) is 3.65. The molecular formula is C39H46N6O8S2. The van der Waals surface area contributed by atoms with E-state index in [1.54, 1.807) is 44.0 Å². The van der Waals surface area contributed by atoms with E-state index >= 15 is 0 Å². The lowest BCUT2D eigenvalue weighted by Gasteiger charge is -2.17. The fraction of sp³-hybridized carbons (Fsp3) is 0.385. The predicted octanol–water partition coefficient (Wildman–Crippen LogP) is 3.86. The number of benzene rings is 2. The van der Waals surface area contributed by atoms with Crippen LogP contribution in [0.15, 0.2) is 58.4 Å². The van der Waals surface area contributed by atoms with Crippen molar-refractivity contribution < 1.29 is 33.4 Å². The van der Waals surface area contributed by atoms with Gasteiger partial charge in [-0.1, -0.05) is 12.1 Å². The van der Waals surface area contributed by atoms with E-state index in [0.29, 0.717) is 54.9 Å². The van der Waals surface area contributed by atoms with E-state index < -0.39 is 0 Å². The molecule has 5 rings (SSSR count). The van der Waals surface area contributed by atoms with E-state index in [0.717, 1.165) is 45.1 Å². The van der Waals surface area contributed by atoms with Crippen molar-refractivity contribution in [2.75, 3.05) is 59.0 Å². The van der Waals surface area contributed by atoms with Gasteiger partial charge < -0.3 is 40.0 Å². The van der Waals surface area contributed by atoms with Crippen LogP contribution in [-0.2, 0) is 16.6 Å². The Bertz CT molecular complexity index is 2120. The molecule has 0 unspecified atom stereocenters. The van der Waals surface area contributed by atoms with Gasteiger partial charge in [-0.25, -0.2) is 0 Å². The van der Waals surface area contributed by atoms with Crippen LogP contribution < -0.4 is 36.1 Å². The lowest BCUT2D eigenvalue weighted by atomic mass is 10.1. The molecule has 14 nitrogen and oxygen atoms in total. The Balaban J connectivity index is 1.09. The van der Waals surface area contributed by atoms with Crippen LogP contribution in [0, 0.1) is 0 Å². The molecule has 0 spiro atoms. The fourth-order valence-electron chi connectivity index (χ4n) is 5.92. The average molecular weight is 791 g/mol. The molecule has 0 aliphatic carbocycles. The highest BCUT2D eigenvalue weighted by molar-refractivity contribution is 7.99. The fourth-order valence-corrected chi connectivity index (χ4v) is 8.10. The molecule has 4 aromatic rings. The number of aliphatic imine (C=N–C) groups is 1. The Kier molecular flexibility index (Phi) is 14.3. The monoisotopic (exact) mass is 790 g/mol. The SMILES string of the molecule is COc1cc(-c2cn(C)c(=O)c3cc(C(N)=NC4CCSCC4)sc23)ccc1OCC(=O)NCCCCNC(=O)COc1cccc(C(=O)N(C)C)c1C=O. The van der Waals surface area contributed by atoms with Crippen LogP contribution in [0.25, 0.3) is 21.2 Å². The number of carbonyl (C=O) groups excluding carboxylic acids is 4. The van der Waals surface area contributed by atoms with Gasteiger partial charge in [0.05, 0.1) is 34.5 Å². The summed E-state index contributed by atoms with van der Waals surface area (Å²) in [5.74, 6) is 2.50. The number of hydrogen-bond donors (Lipinski definition) is 3. The molecule has 0 saturated carbocycles. The van der Waals surface area contributed by atoms with Gasteiger partial charge in [0, 0.05) is 50.7 Å². The number of amidine groups is 1. The van der Waals surface area contributed by atoms with Crippen LogP contribution in [0.5, 0.6) is 17.2 Å². The molecule has 0 bridgehead atoms. The first-order valence-corrected chi connectivity index (χ1v) is 19.8. The van der Waals surface area contributed by atoms with Crippen LogP contribution in [-0.4, -0.2) is 104 Å². The standard InChI is InChI=1S/C39H46N6O8S2/c1-44(2)38(49)26-8-7-9-30(29(26)21-46)52-22-34(47)41-14-5-6-15-42-35(48)23-53-31-11-10-24(18-32(31)51-4)28-20-45(3)39(50)27-19-33(55-36(27)28)37(40)43-25-12-16-54-17-13-25/h7-11,18-21,25H,5-6,12-17,22-23H2,1-4H3,(H2,40,43)(H,41,47)(H,42,48). The van der Waals surface area contributed by atoms with E-state index in [4.69, 9.17) is 24.9 Å². The Morgan fingerprint density at radius 2 is 1.65 bits per heavy atom. The second-order valence-electron chi connectivity index (χ2n) is 13.1. The summed E-state index contributed by atoms with van der Waals surface area (Å²) in [6.45, 7) is 0.172. The molecular weight excluding hydrogens is 745 g/mol. The van der Waals surface area contributed by atoms with E-state index in [1.165, 1.54) is 35.5 Å². The number of aldehydes is 1. The minimum absolute atomic E-state index is 0.0838. The number of fused-ring (bicyclic) bond motifs is 1. The number of thiophene rings is 1. The maximum atomic E-state index is 13.1. The second kappa shape index (κ2) is 19.3. The molecule has 292 valence electrons. The van der Waals surface area contributed by atoms with Crippen molar-refractivity contribution in [3.63, 3.8) is 0 Å². The van der Waals surface area contributed by atoms with E-state index in [2.05, 4.69) is 10.6 Å². The lowest BCUT2D eigenvalue weighted by Crippen LogP contribution is -2.32. The van der Waals surface area contributed by atoms with Gasteiger partial charge in [0.1, 0.15) is 11.6 Å². The third-order valence-electron chi connectivity index (χ3n) is 8.88. The molecule has 0 atom stereocenters. The number of nitrogens with two attached hydrogens (primary N) is 1. The number of amides is 3. The first kappa shape index (κ1) is 40.8. The molecule has 3 amide bonds. The van der Waals surface area contributed by atoms with E-state index in [9.17, 15) is 24.0 Å². The molecule has 1 fully saturated rings. The molecule has 2 aromatic heterocycles. The van der Waals surface area contributed by atoms with Gasteiger partial charge in [-0.3, -0.25) is 29.0 Å². The third-order valence-corrected chi connectivity index (χ3v) is 11.1. The molecule has 0 radical (unpaired) electrons. The number of nitrogens with one attached hydrogen (secondary N) is 2. The first-order valence-electron chi connectivity index (χ1n) is 17.8. The minimum Gasteiger partial charge on any atom is -0.493 e. The minimum atomic E-state index is -0.386. The summed E-state index contributed by atoms with van der Waals surface area (Å²) in [5.41, 5.74) is 8.23. The molecule has 1 aliphatic heterocycles. The summed E-state index contributed by atoms with van der Waals surface area (Å²) in [7, 11) is 6.39. The number of nitrogens with zero attached hydrogens (tertiary/aromatic N) is 3. The van der Waals surface area contributed by atoms with Gasteiger partial charge in [-0.15, -0.1) is 11.3 Å².